The summed E-state index contributed by atoms with van der Waals surface area (Å²) in [4.78, 5) is 48.6. The van der Waals surface area contributed by atoms with Crippen LogP contribution in [0.15, 0.2) is 18.2 Å². The first kappa shape index (κ1) is 27.4. The summed E-state index contributed by atoms with van der Waals surface area (Å²) in [7, 11) is 5.10. The summed E-state index contributed by atoms with van der Waals surface area (Å²) in [6.07, 6.45) is 2.03. The summed E-state index contributed by atoms with van der Waals surface area (Å²) >= 11 is 0. The highest BCUT2D eigenvalue weighted by Crippen LogP contribution is 2.22. The van der Waals surface area contributed by atoms with Gasteiger partial charge in [-0.3, -0.25) is 19.3 Å². The second-order valence-electron chi connectivity index (χ2n) is 7.14. The van der Waals surface area contributed by atoms with Gasteiger partial charge < -0.3 is 30.2 Å². The molecule has 32 heavy (non-hydrogen) atoms. The standard InChI is InChI=1S/C22H34N4O6/c1-23-9-10-31-11-12-32-16-22(30)25-20-6-4-5-17(14-27)19(20)13-26(3)18(15-28)7-8-21(29)24-2/h4-6,14-15,18,23H,7-13,16H2,1-3H3,(H,24,29)(H,25,30). The second-order valence-corrected chi connectivity index (χ2v) is 7.14. The molecule has 1 aromatic rings. The minimum atomic E-state index is -0.512. The number of rotatable bonds is 17. The summed E-state index contributed by atoms with van der Waals surface area (Å²) in [5.74, 6) is -0.516. The molecule has 0 aliphatic carbocycles. The van der Waals surface area contributed by atoms with Crippen molar-refractivity contribution >= 4 is 30.1 Å². The number of benzene rings is 1. The Labute approximate surface area is 189 Å². The molecule has 0 saturated heterocycles. The Hall–Kier alpha value is -2.66. The Kier molecular flexibility index (Phi) is 13.7. The molecule has 1 atom stereocenters. The average Bonchev–Trinajstić information content (AvgIpc) is 2.79. The van der Waals surface area contributed by atoms with Gasteiger partial charge in [0, 0.05) is 43.4 Å². The van der Waals surface area contributed by atoms with Crippen LogP contribution >= 0.6 is 0 Å². The lowest BCUT2D eigenvalue weighted by molar-refractivity contribution is -0.122. The molecule has 1 rings (SSSR count). The van der Waals surface area contributed by atoms with Crippen LogP contribution in [0, 0.1) is 0 Å². The molecule has 0 heterocycles. The molecule has 0 aliphatic heterocycles. The zero-order chi connectivity index (χ0) is 23.8. The van der Waals surface area contributed by atoms with Gasteiger partial charge >= 0.3 is 0 Å². The molecule has 0 saturated carbocycles. The van der Waals surface area contributed by atoms with Crippen LogP contribution in [0.25, 0.3) is 0 Å². The summed E-state index contributed by atoms with van der Waals surface area (Å²) in [6, 6.07) is 4.49. The van der Waals surface area contributed by atoms with Crippen LogP contribution < -0.4 is 16.0 Å². The van der Waals surface area contributed by atoms with Crippen LogP contribution in [0.4, 0.5) is 5.69 Å². The monoisotopic (exact) mass is 450 g/mol. The predicted octanol–water partition coefficient (Wildman–Crippen LogP) is 0.216. The van der Waals surface area contributed by atoms with Gasteiger partial charge in [-0.2, -0.15) is 0 Å². The molecule has 178 valence electrons. The van der Waals surface area contributed by atoms with Crippen LogP contribution in [0.3, 0.4) is 0 Å². The van der Waals surface area contributed by atoms with E-state index in [1.165, 1.54) is 7.05 Å². The molecule has 0 fully saturated rings. The molecule has 0 aromatic heterocycles. The fourth-order valence-corrected chi connectivity index (χ4v) is 2.92. The summed E-state index contributed by atoms with van der Waals surface area (Å²) in [6.45, 7) is 2.05. The number of amides is 2. The number of hydrogen-bond acceptors (Lipinski definition) is 8. The Bertz CT molecular complexity index is 743. The molecule has 2 amide bonds. The average molecular weight is 451 g/mol. The van der Waals surface area contributed by atoms with Crippen molar-refractivity contribution in [2.45, 2.75) is 25.4 Å². The molecule has 10 nitrogen and oxygen atoms in total. The minimum absolute atomic E-state index is 0.154. The van der Waals surface area contributed by atoms with Crippen molar-refractivity contribution in [3.8, 4) is 0 Å². The molecular formula is C22H34N4O6. The van der Waals surface area contributed by atoms with E-state index in [0.717, 1.165) is 12.8 Å². The third-order valence-corrected chi connectivity index (χ3v) is 4.79. The Morgan fingerprint density at radius 1 is 1.09 bits per heavy atom. The van der Waals surface area contributed by atoms with E-state index in [1.54, 1.807) is 30.1 Å². The van der Waals surface area contributed by atoms with Gasteiger partial charge in [-0.15, -0.1) is 0 Å². The molecule has 1 aromatic carbocycles. The molecule has 0 spiro atoms. The zero-order valence-corrected chi connectivity index (χ0v) is 19.0. The number of carbonyl (C=O) groups is 4. The summed E-state index contributed by atoms with van der Waals surface area (Å²) in [5, 5.41) is 8.25. The first-order chi connectivity index (χ1) is 15.5. The SMILES string of the molecule is CNCCOCCOCC(=O)Nc1cccc(C=O)c1CN(C)C(C=O)CCC(=O)NC. The van der Waals surface area contributed by atoms with E-state index < -0.39 is 6.04 Å². The molecule has 1 unspecified atom stereocenters. The molecule has 3 N–H and O–H groups in total. The van der Waals surface area contributed by atoms with Gasteiger partial charge in [0.2, 0.25) is 11.8 Å². The van der Waals surface area contributed by atoms with Gasteiger partial charge in [-0.1, -0.05) is 12.1 Å². The van der Waals surface area contributed by atoms with Crippen LogP contribution in [0.5, 0.6) is 0 Å². The first-order valence-corrected chi connectivity index (χ1v) is 10.5. The van der Waals surface area contributed by atoms with E-state index in [0.29, 0.717) is 42.7 Å². The van der Waals surface area contributed by atoms with Crippen molar-refractivity contribution in [3.63, 3.8) is 0 Å². The van der Waals surface area contributed by atoms with E-state index in [-0.39, 0.29) is 38.0 Å². The summed E-state index contributed by atoms with van der Waals surface area (Å²) in [5.41, 5.74) is 1.46. The lowest BCUT2D eigenvalue weighted by Crippen LogP contribution is -2.34. The maximum atomic E-state index is 12.3. The lowest BCUT2D eigenvalue weighted by atomic mass is 10.0. The molecule has 0 bridgehead atoms. The van der Waals surface area contributed by atoms with Crippen molar-refractivity contribution in [2.24, 2.45) is 0 Å². The highest BCUT2D eigenvalue weighted by Gasteiger charge is 2.19. The quantitative estimate of drug-likeness (QED) is 0.227. The molecule has 10 heteroatoms. The van der Waals surface area contributed by atoms with Crippen molar-refractivity contribution in [2.75, 3.05) is 59.4 Å². The number of nitrogens with one attached hydrogen (secondary N) is 3. The zero-order valence-electron chi connectivity index (χ0n) is 19.0. The maximum Gasteiger partial charge on any atom is 0.250 e. The van der Waals surface area contributed by atoms with Gasteiger partial charge in [-0.25, -0.2) is 0 Å². The van der Waals surface area contributed by atoms with Gasteiger partial charge in [-0.05, 0) is 26.6 Å². The van der Waals surface area contributed by atoms with Crippen molar-refractivity contribution in [3.05, 3.63) is 29.3 Å². The topological polar surface area (TPSA) is 126 Å². The van der Waals surface area contributed by atoms with E-state index in [9.17, 15) is 19.2 Å². The van der Waals surface area contributed by atoms with E-state index in [2.05, 4.69) is 16.0 Å². The van der Waals surface area contributed by atoms with Gasteiger partial charge in [0.05, 0.1) is 25.9 Å². The number of ether oxygens (including phenoxy) is 2. The molecule has 0 radical (unpaired) electrons. The lowest BCUT2D eigenvalue weighted by Gasteiger charge is -2.25. The maximum absolute atomic E-state index is 12.3. The first-order valence-electron chi connectivity index (χ1n) is 10.5. The van der Waals surface area contributed by atoms with Gasteiger partial charge in [0.1, 0.15) is 19.2 Å². The number of nitrogens with zero attached hydrogens (tertiary/aromatic N) is 1. The predicted molar refractivity (Wildman–Crippen MR) is 121 cm³/mol. The van der Waals surface area contributed by atoms with E-state index >= 15 is 0 Å². The fraction of sp³-hybridized carbons (Fsp3) is 0.545. The number of anilines is 1. The minimum Gasteiger partial charge on any atom is -0.378 e. The van der Waals surface area contributed by atoms with Crippen LogP contribution in [0.1, 0.15) is 28.8 Å². The molecular weight excluding hydrogens is 416 g/mol. The van der Waals surface area contributed by atoms with Crippen molar-refractivity contribution < 1.29 is 28.7 Å². The van der Waals surface area contributed by atoms with E-state index in [1.807, 2.05) is 7.05 Å². The number of aldehydes is 2. The van der Waals surface area contributed by atoms with Crippen LogP contribution in [0.2, 0.25) is 0 Å². The van der Waals surface area contributed by atoms with E-state index in [4.69, 9.17) is 9.47 Å². The largest absolute Gasteiger partial charge is 0.378 e. The number of hydrogen-bond donors (Lipinski definition) is 3. The van der Waals surface area contributed by atoms with Crippen molar-refractivity contribution in [1.29, 1.82) is 0 Å². The number of likely N-dealkylation sites (N-methyl/N-ethyl adjacent to an activating group) is 2. The molecule has 0 aliphatic rings. The van der Waals surface area contributed by atoms with Crippen LogP contribution in [-0.2, 0) is 30.4 Å². The second kappa shape index (κ2) is 16.0. The Morgan fingerprint density at radius 2 is 1.84 bits per heavy atom. The van der Waals surface area contributed by atoms with Crippen LogP contribution in [-0.4, -0.2) is 89.4 Å². The smallest absolute Gasteiger partial charge is 0.250 e. The Balaban J connectivity index is 2.71. The third-order valence-electron chi connectivity index (χ3n) is 4.79. The van der Waals surface area contributed by atoms with Gasteiger partial charge in [0.25, 0.3) is 0 Å². The third kappa shape index (κ3) is 10.1. The summed E-state index contributed by atoms with van der Waals surface area (Å²) < 4.78 is 10.6. The highest BCUT2D eigenvalue weighted by molar-refractivity contribution is 5.94. The Morgan fingerprint density at radius 3 is 2.50 bits per heavy atom. The number of carbonyl (C=O) groups excluding carboxylic acids is 4. The van der Waals surface area contributed by atoms with Gasteiger partial charge in [0.15, 0.2) is 0 Å². The normalized spacial score (nSPS) is 11.8. The fourth-order valence-electron chi connectivity index (χ4n) is 2.92. The highest BCUT2D eigenvalue weighted by atomic mass is 16.5. The van der Waals surface area contributed by atoms with Crippen molar-refractivity contribution in [1.82, 2.24) is 15.5 Å².